The highest BCUT2D eigenvalue weighted by Gasteiger charge is 2.19. The van der Waals surface area contributed by atoms with Crippen molar-refractivity contribution in [3.63, 3.8) is 0 Å². The molecule has 180 valence electrons. The van der Waals surface area contributed by atoms with Crippen LogP contribution in [-0.4, -0.2) is 18.5 Å². The van der Waals surface area contributed by atoms with E-state index in [0.717, 1.165) is 5.56 Å². The summed E-state index contributed by atoms with van der Waals surface area (Å²) in [4.78, 5) is 37.1. The van der Waals surface area contributed by atoms with Crippen LogP contribution in [0.15, 0.2) is 80.6 Å². The third-order valence-corrected chi connectivity index (χ3v) is 5.23. The Balaban J connectivity index is 1.42. The van der Waals surface area contributed by atoms with Crippen molar-refractivity contribution in [2.24, 2.45) is 0 Å². The zero-order valence-corrected chi connectivity index (χ0v) is 19.6. The average molecular weight is 475 g/mol. The highest BCUT2D eigenvalue weighted by molar-refractivity contribution is 5.96. The quantitative estimate of drug-likeness (QED) is 0.236. The highest BCUT2D eigenvalue weighted by Crippen LogP contribution is 2.31. The van der Waals surface area contributed by atoms with Gasteiger partial charge in [-0.1, -0.05) is 39.0 Å². The van der Waals surface area contributed by atoms with Crippen LogP contribution in [0.5, 0.6) is 11.5 Å². The van der Waals surface area contributed by atoms with E-state index < -0.39 is 17.5 Å². The van der Waals surface area contributed by atoms with Gasteiger partial charge in [0.2, 0.25) is 0 Å². The second kappa shape index (κ2) is 9.89. The first-order valence-electron chi connectivity index (χ1n) is 11.0. The molecule has 0 bridgehead atoms. The molecule has 1 amide bonds. The van der Waals surface area contributed by atoms with Crippen LogP contribution in [0.1, 0.15) is 42.5 Å². The Bertz CT molecular complexity index is 1410. The van der Waals surface area contributed by atoms with Crippen molar-refractivity contribution in [1.82, 2.24) is 5.32 Å². The molecule has 0 unspecified atom stereocenters. The van der Waals surface area contributed by atoms with Crippen LogP contribution >= 0.6 is 0 Å². The summed E-state index contributed by atoms with van der Waals surface area (Å²) >= 11 is 0. The lowest BCUT2D eigenvalue weighted by Crippen LogP contribution is -2.27. The van der Waals surface area contributed by atoms with Crippen molar-refractivity contribution in [2.45, 2.75) is 32.7 Å². The maximum Gasteiger partial charge on any atom is 0.349 e. The summed E-state index contributed by atoms with van der Waals surface area (Å²) in [5.41, 5.74) is 0.0659. The number of para-hydroxylation sites is 1. The Morgan fingerprint density at radius 2 is 1.80 bits per heavy atom. The molecule has 4 rings (SSSR count). The molecular weight excluding hydrogens is 450 g/mol. The number of carbonyl (C=O) groups excluding carboxylic acids is 2. The van der Waals surface area contributed by atoms with Gasteiger partial charge >= 0.3 is 11.6 Å². The number of furan rings is 1. The van der Waals surface area contributed by atoms with Gasteiger partial charge in [-0.05, 0) is 47.4 Å². The third-order valence-electron chi connectivity index (χ3n) is 5.23. The predicted molar refractivity (Wildman–Crippen MR) is 129 cm³/mol. The van der Waals surface area contributed by atoms with Crippen molar-refractivity contribution < 1.29 is 27.9 Å². The molecule has 35 heavy (non-hydrogen) atoms. The van der Waals surface area contributed by atoms with Crippen molar-refractivity contribution in [1.29, 1.82) is 0 Å². The van der Waals surface area contributed by atoms with Crippen LogP contribution in [0.3, 0.4) is 0 Å². The number of nitrogens with one attached hydrogen (secondary N) is 1. The van der Waals surface area contributed by atoms with Gasteiger partial charge in [-0.25, -0.2) is 9.59 Å². The SMILES string of the molecule is CC(C)(C)c1ccccc1OCC(=O)Oc1ccc2cc(C(=O)NCc3ccco3)c(=O)oc2c1. The molecule has 8 nitrogen and oxygen atoms in total. The summed E-state index contributed by atoms with van der Waals surface area (Å²) in [5.74, 6) is 0.165. The minimum Gasteiger partial charge on any atom is -0.482 e. The van der Waals surface area contributed by atoms with E-state index in [-0.39, 0.29) is 35.5 Å². The van der Waals surface area contributed by atoms with Gasteiger partial charge in [0, 0.05) is 11.5 Å². The maximum absolute atomic E-state index is 12.4. The number of benzene rings is 2. The van der Waals surface area contributed by atoms with E-state index in [1.54, 1.807) is 30.3 Å². The fourth-order valence-corrected chi connectivity index (χ4v) is 3.50. The van der Waals surface area contributed by atoms with Crippen LogP contribution in [0.4, 0.5) is 0 Å². The van der Waals surface area contributed by atoms with Crippen LogP contribution in [0, 0.1) is 0 Å². The first-order chi connectivity index (χ1) is 16.7. The van der Waals surface area contributed by atoms with E-state index in [0.29, 0.717) is 16.9 Å². The Labute approximate surface area is 201 Å². The predicted octanol–water partition coefficient (Wildman–Crippen LogP) is 4.60. The molecule has 2 aromatic heterocycles. The third kappa shape index (κ3) is 5.78. The molecule has 1 N–H and O–H groups in total. The number of esters is 1. The van der Waals surface area contributed by atoms with Crippen LogP contribution in [0.25, 0.3) is 11.0 Å². The maximum atomic E-state index is 12.4. The molecule has 2 heterocycles. The Morgan fingerprint density at radius 1 is 1.00 bits per heavy atom. The number of rotatable bonds is 7. The van der Waals surface area contributed by atoms with Crippen LogP contribution in [-0.2, 0) is 16.8 Å². The molecular formula is C27H25NO7. The van der Waals surface area contributed by atoms with Gasteiger partial charge in [0.05, 0.1) is 12.8 Å². The molecule has 2 aromatic carbocycles. The molecule has 0 aliphatic heterocycles. The van der Waals surface area contributed by atoms with Gasteiger partial charge in [0.25, 0.3) is 5.91 Å². The molecule has 8 heteroatoms. The van der Waals surface area contributed by atoms with Gasteiger partial charge < -0.3 is 23.6 Å². The van der Waals surface area contributed by atoms with E-state index in [1.807, 2.05) is 18.2 Å². The largest absolute Gasteiger partial charge is 0.482 e. The first kappa shape index (κ1) is 23.8. The summed E-state index contributed by atoms with van der Waals surface area (Å²) in [6.45, 7) is 6.03. The molecule has 0 spiro atoms. The minimum absolute atomic E-state index is 0.139. The fourth-order valence-electron chi connectivity index (χ4n) is 3.50. The number of carbonyl (C=O) groups is 2. The lowest BCUT2D eigenvalue weighted by molar-refractivity contribution is -0.136. The number of ether oxygens (including phenoxy) is 2. The van der Waals surface area contributed by atoms with Crippen molar-refractivity contribution in [3.05, 3.63) is 94.2 Å². The normalized spacial score (nSPS) is 11.3. The van der Waals surface area contributed by atoms with E-state index >= 15 is 0 Å². The van der Waals surface area contributed by atoms with E-state index in [9.17, 15) is 14.4 Å². The van der Waals surface area contributed by atoms with Crippen molar-refractivity contribution in [3.8, 4) is 11.5 Å². The van der Waals surface area contributed by atoms with E-state index in [1.165, 1.54) is 18.4 Å². The smallest absolute Gasteiger partial charge is 0.349 e. The minimum atomic E-state index is -0.806. The zero-order chi connectivity index (χ0) is 25.0. The molecule has 0 saturated carbocycles. The molecule has 4 aromatic rings. The number of fused-ring (bicyclic) bond motifs is 1. The van der Waals surface area contributed by atoms with Gasteiger partial charge in [-0.2, -0.15) is 0 Å². The van der Waals surface area contributed by atoms with Gasteiger partial charge in [0.15, 0.2) is 6.61 Å². The number of hydrogen-bond acceptors (Lipinski definition) is 7. The van der Waals surface area contributed by atoms with Crippen LogP contribution in [0.2, 0.25) is 0 Å². The summed E-state index contributed by atoms with van der Waals surface area (Å²) in [6, 6.07) is 16.9. The number of amides is 1. The van der Waals surface area contributed by atoms with Gasteiger partial charge in [-0.3, -0.25) is 4.79 Å². The summed E-state index contributed by atoms with van der Waals surface area (Å²) in [6.07, 6.45) is 1.49. The lowest BCUT2D eigenvalue weighted by atomic mass is 9.86. The molecule has 0 fully saturated rings. The van der Waals surface area contributed by atoms with Crippen molar-refractivity contribution in [2.75, 3.05) is 6.61 Å². The number of hydrogen-bond donors (Lipinski definition) is 1. The second-order valence-corrected chi connectivity index (χ2v) is 8.92. The molecule has 0 radical (unpaired) electrons. The van der Waals surface area contributed by atoms with E-state index in [4.69, 9.17) is 18.3 Å². The topological polar surface area (TPSA) is 108 Å². The summed E-state index contributed by atoms with van der Waals surface area (Å²) in [7, 11) is 0. The Kier molecular flexibility index (Phi) is 6.73. The summed E-state index contributed by atoms with van der Waals surface area (Å²) < 4.78 is 21.5. The zero-order valence-electron chi connectivity index (χ0n) is 19.6. The summed E-state index contributed by atoms with van der Waals surface area (Å²) in [5, 5.41) is 3.11. The first-order valence-corrected chi connectivity index (χ1v) is 11.0. The van der Waals surface area contributed by atoms with Gasteiger partial charge in [-0.15, -0.1) is 0 Å². The molecule has 0 atom stereocenters. The average Bonchev–Trinajstić information content (AvgIpc) is 3.34. The Hall–Kier alpha value is -4.33. The Morgan fingerprint density at radius 3 is 2.54 bits per heavy atom. The molecule has 0 aliphatic carbocycles. The second-order valence-electron chi connectivity index (χ2n) is 8.92. The monoisotopic (exact) mass is 475 g/mol. The van der Waals surface area contributed by atoms with E-state index in [2.05, 4.69) is 26.1 Å². The lowest BCUT2D eigenvalue weighted by Gasteiger charge is -2.22. The molecule has 0 saturated heterocycles. The van der Waals surface area contributed by atoms with Gasteiger partial charge in [0.1, 0.15) is 28.4 Å². The van der Waals surface area contributed by atoms with Crippen molar-refractivity contribution >= 4 is 22.8 Å². The standard InChI is InChI=1S/C27H25NO7/c1-27(2,3)21-8-4-5-9-22(21)33-16-24(29)34-18-11-10-17-13-20(26(31)35-23(17)14-18)25(30)28-15-19-7-6-12-32-19/h4-14H,15-16H2,1-3H3,(H,28,30). The van der Waals surface area contributed by atoms with Crippen LogP contribution < -0.4 is 20.4 Å². The highest BCUT2D eigenvalue weighted by atomic mass is 16.6. The molecule has 0 aliphatic rings. The fraction of sp³-hybridized carbons (Fsp3) is 0.222.